The van der Waals surface area contributed by atoms with E-state index in [1.54, 1.807) is 0 Å². The number of aliphatic hydroxyl groups excluding tert-OH is 1. The van der Waals surface area contributed by atoms with Crippen molar-refractivity contribution in [1.82, 2.24) is 0 Å². The zero-order valence-electron chi connectivity index (χ0n) is 6.41. The van der Waals surface area contributed by atoms with E-state index in [4.69, 9.17) is 9.84 Å². The number of hydrogen-bond donors (Lipinski definition) is 1. The number of carbonyl (C=O) groups is 1. The molecule has 0 rings (SSSR count). The third kappa shape index (κ3) is 4.47. The topological polar surface area (TPSA) is 46.5 Å². The summed E-state index contributed by atoms with van der Waals surface area (Å²) in [5.41, 5.74) is 0. The number of carbonyl (C=O) groups excluding carboxylic acids is 1. The molecule has 3 heteroatoms. The summed E-state index contributed by atoms with van der Waals surface area (Å²) >= 11 is 0. The molecule has 0 radical (unpaired) electrons. The minimum atomic E-state index is -0.964. The zero-order valence-corrected chi connectivity index (χ0v) is 6.41. The first-order chi connectivity index (χ1) is 4.70. The lowest BCUT2D eigenvalue weighted by molar-refractivity contribution is -0.118. The van der Waals surface area contributed by atoms with Crippen molar-refractivity contribution in [1.29, 1.82) is 0 Å². The van der Waals surface area contributed by atoms with Crippen LogP contribution in [-0.2, 0) is 9.53 Å². The van der Waals surface area contributed by atoms with Crippen LogP contribution in [-0.4, -0.2) is 30.2 Å². The number of ether oxygens (including phenoxy) is 1. The molecule has 2 unspecified atom stereocenters. The molecule has 0 aromatic heterocycles. The smallest absolute Gasteiger partial charge is 0.150 e. The molecule has 0 heterocycles. The second-order valence-electron chi connectivity index (χ2n) is 2.26. The molecule has 0 aromatic carbocycles. The molecule has 3 nitrogen and oxygen atoms in total. The highest BCUT2D eigenvalue weighted by molar-refractivity contribution is 5.55. The van der Waals surface area contributed by atoms with Gasteiger partial charge in [-0.3, -0.25) is 0 Å². The van der Waals surface area contributed by atoms with Crippen LogP contribution in [0.2, 0.25) is 0 Å². The summed E-state index contributed by atoms with van der Waals surface area (Å²) in [5, 5.41) is 8.71. The van der Waals surface area contributed by atoms with Gasteiger partial charge in [-0.25, -0.2) is 0 Å². The molecule has 0 fully saturated rings. The highest BCUT2D eigenvalue weighted by atomic mass is 16.5. The Hall–Kier alpha value is -0.410. The van der Waals surface area contributed by atoms with Crippen LogP contribution in [0, 0.1) is 0 Å². The summed E-state index contributed by atoms with van der Waals surface area (Å²) in [6, 6.07) is 0. The van der Waals surface area contributed by atoms with Gasteiger partial charge in [-0.15, -0.1) is 0 Å². The van der Waals surface area contributed by atoms with Gasteiger partial charge in [0.05, 0.1) is 12.7 Å². The van der Waals surface area contributed by atoms with Gasteiger partial charge in [0.2, 0.25) is 0 Å². The van der Waals surface area contributed by atoms with Crippen molar-refractivity contribution in [2.24, 2.45) is 0 Å². The largest absolute Gasteiger partial charge is 0.383 e. The predicted octanol–water partition coefficient (Wildman–Crippen LogP) is 0.361. The van der Waals surface area contributed by atoms with E-state index in [1.807, 2.05) is 13.8 Å². The zero-order chi connectivity index (χ0) is 7.98. The van der Waals surface area contributed by atoms with Gasteiger partial charge < -0.3 is 14.6 Å². The Morgan fingerprint density at radius 3 is 2.70 bits per heavy atom. The van der Waals surface area contributed by atoms with Crippen molar-refractivity contribution in [2.75, 3.05) is 6.61 Å². The van der Waals surface area contributed by atoms with E-state index < -0.39 is 6.10 Å². The second kappa shape index (κ2) is 5.38. The maximum atomic E-state index is 9.88. The van der Waals surface area contributed by atoms with Gasteiger partial charge in [-0.2, -0.15) is 0 Å². The highest BCUT2D eigenvalue weighted by Crippen LogP contribution is 1.95. The molecule has 0 aromatic rings. The van der Waals surface area contributed by atoms with Gasteiger partial charge in [0, 0.05) is 0 Å². The quantitative estimate of drug-likeness (QED) is 0.570. The molecule has 0 spiro atoms. The molecule has 0 aliphatic rings. The fourth-order valence-corrected chi connectivity index (χ4v) is 0.420. The number of hydrogen-bond acceptors (Lipinski definition) is 3. The molecule has 1 N–H and O–H groups in total. The Kier molecular flexibility index (Phi) is 5.16. The first-order valence-electron chi connectivity index (χ1n) is 3.45. The monoisotopic (exact) mass is 146 g/mol. The van der Waals surface area contributed by atoms with Gasteiger partial charge >= 0.3 is 0 Å². The SMILES string of the molecule is CCC(C)OCC(O)C=O. The van der Waals surface area contributed by atoms with Crippen LogP contribution < -0.4 is 0 Å². The van der Waals surface area contributed by atoms with Crippen LogP contribution in [0.1, 0.15) is 20.3 Å². The van der Waals surface area contributed by atoms with E-state index in [0.29, 0.717) is 6.29 Å². The van der Waals surface area contributed by atoms with Crippen molar-refractivity contribution in [3.63, 3.8) is 0 Å². The predicted molar refractivity (Wildman–Crippen MR) is 37.8 cm³/mol. The van der Waals surface area contributed by atoms with Crippen LogP contribution in [0.3, 0.4) is 0 Å². The first-order valence-corrected chi connectivity index (χ1v) is 3.45. The summed E-state index contributed by atoms with van der Waals surface area (Å²) in [6.45, 7) is 3.99. The average molecular weight is 146 g/mol. The van der Waals surface area contributed by atoms with E-state index in [-0.39, 0.29) is 12.7 Å². The molecule has 60 valence electrons. The first kappa shape index (κ1) is 9.59. The molecular formula is C7H14O3. The molecule has 0 bridgehead atoms. The fourth-order valence-electron chi connectivity index (χ4n) is 0.420. The molecule has 0 saturated carbocycles. The van der Waals surface area contributed by atoms with E-state index in [0.717, 1.165) is 6.42 Å². The Morgan fingerprint density at radius 1 is 1.70 bits per heavy atom. The van der Waals surface area contributed by atoms with Gasteiger partial charge in [0.25, 0.3) is 0 Å². The average Bonchev–Trinajstić information content (AvgIpc) is 1.99. The van der Waals surface area contributed by atoms with E-state index in [1.165, 1.54) is 0 Å². The molecule has 0 aliphatic carbocycles. The Balaban J connectivity index is 3.25. The third-order valence-electron chi connectivity index (χ3n) is 1.28. The van der Waals surface area contributed by atoms with E-state index >= 15 is 0 Å². The van der Waals surface area contributed by atoms with Gasteiger partial charge in [-0.1, -0.05) is 6.92 Å². The molecule has 0 aliphatic heterocycles. The van der Waals surface area contributed by atoms with Crippen molar-refractivity contribution in [3.8, 4) is 0 Å². The summed E-state index contributed by atoms with van der Waals surface area (Å²) in [4.78, 5) is 9.88. The Morgan fingerprint density at radius 2 is 2.30 bits per heavy atom. The molecule has 2 atom stereocenters. The summed E-state index contributed by atoms with van der Waals surface area (Å²) < 4.78 is 5.06. The van der Waals surface area contributed by atoms with Crippen LogP contribution in [0.25, 0.3) is 0 Å². The number of rotatable bonds is 5. The van der Waals surface area contributed by atoms with Crippen molar-refractivity contribution in [2.45, 2.75) is 32.5 Å². The molecule has 10 heavy (non-hydrogen) atoms. The number of aldehydes is 1. The van der Waals surface area contributed by atoms with Crippen LogP contribution in [0.4, 0.5) is 0 Å². The second-order valence-corrected chi connectivity index (χ2v) is 2.26. The lowest BCUT2D eigenvalue weighted by atomic mass is 10.3. The summed E-state index contributed by atoms with van der Waals surface area (Å²) in [6.07, 6.45) is 0.525. The van der Waals surface area contributed by atoms with Gasteiger partial charge in [-0.05, 0) is 13.3 Å². The van der Waals surface area contributed by atoms with Crippen LogP contribution in [0.15, 0.2) is 0 Å². The summed E-state index contributed by atoms with van der Waals surface area (Å²) in [7, 11) is 0. The highest BCUT2D eigenvalue weighted by Gasteiger charge is 2.03. The minimum Gasteiger partial charge on any atom is -0.383 e. The standard InChI is InChI=1S/C7H14O3/c1-3-6(2)10-5-7(9)4-8/h4,6-7,9H,3,5H2,1-2H3. The van der Waals surface area contributed by atoms with Crippen molar-refractivity contribution >= 4 is 6.29 Å². The van der Waals surface area contributed by atoms with Crippen molar-refractivity contribution in [3.05, 3.63) is 0 Å². The van der Waals surface area contributed by atoms with E-state index in [2.05, 4.69) is 0 Å². The number of aliphatic hydroxyl groups is 1. The lowest BCUT2D eigenvalue weighted by Gasteiger charge is -2.10. The molecule has 0 saturated heterocycles. The van der Waals surface area contributed by atoms with Crippen molar-refractivity contribution < 1.29 is 14.6 Å². The van der Waals surface area contributed by atoms with Crippen LogP contribution >= 0.6 is 0 Å². The Labute approximate surface area is 61.0 Å². The maximum absolute atomic E-state index is 9.88. The normalized spacial score (nSPS) is 16.3. The summed E-state index contributed by atoms with van der Waals surface area (Å²) in [5.74, 6) is 0. The minimum absolute atomic E-state index is 0.110. The van der Waals surface area contributed by atoms with Gasteiger partial charge in [0.1, 0.15) is 6.10 Å². The Bertz CT molecular complexity index is 92.9. The molecular weight excluding hydrogens is 132 g/mol. The lowest BCUT2D eigenvalue weighted by Crippen LogP contribution is -2.20. The molecule has 0 amide bonds. The van der Waals surface area contributed by atoms with E-state index in [9.17, 15) is 4.79 Å². The van der Waals surface area contributed by atoms with Gasteiger partial charge in [0.15, 0.2) is 6.29 Å². The maximum Gasteiger partial charge on any atom is 0.150 e. The van der Waals surface area contributed by atoms with Crippen LogP contribution in [0.5, 0.6) is 0 Å². The fraction of sp³-hybridized carbons (Fsp3) is 0.857. The third-order valence-corrected chi connectivity index (χ3v) is 1.28.